The molecule has 0 fully saturated rings. The van der Waals surface area contributed by atoms with Crippen molar-refractivity contribution in [1.29, 1.82) is 0 Å². The highest BCUT2D eigenvalue weighted by Gasteiger charge is 2.35. The molecule has 1 aliphatic heterocycles. The lowest BCUT2D eigenvalue weighted by Crippen LogP contribution is -2.31. The van der Waals surface area contributed by atoms with E-state index in [2.05, 4.69) is 5.32 Å². The number of hydrogen-bond donors (Lipinski definition) is 1. The van der Waals surface area contributed by atoms with Gasteiger partial charge in [-0.1, -0.05) is 0 Å². The Bertz CT molecular complexity index is 828. The van der Waals surface area contributed by atoms with E-state index in [9.17, 15) is 14.4 Å². The van der Waals surface area contributed by atoms with E-state index in [4.69, 9.17) is 9.15 Å². The Balaban J connectivity index is 1.74. The van der Waals surface area contributed by atoms with Crippen LogP contribution in [0.15, 0.2) is 41.0 Å². The van der Waals surface area contributed by atoms with Gasteiger partial charge in [0.1, 0.15) is 5.76 Å². The van der Waals surface area contributed by atoms with E-state index in [0.717, 1.165) is 0 Å². The summed E-state index contributed by atoms with van der Waals surface area (Å²) in [4.78, 5) is 38.5. The number of carbonyl (C=O) groups is 3. The first-order chi connectivity index (χ1) is 12.5. The number of fused-ring (bicyclic) bond motifs is 1. The van der Waals surface area contributed by atoms with Crippen molar-refractivity contribution in [2.24, 2.45) is 0 Å². The quantitative estimate of drug-likeness (QED) is 0.608. The van der Waals surface area contributed by atoms with Crippen molar-refractivity contribution in [3.8, 4) is 0 Å². The first-order valence-electron chi connectivity index (χ1n) is 8.36. The summed E-state index contributed by atoms with van der Waals surface area (Å²) in [7, 11) is 1.57. The summed E-state index contributed by atoms with van der Waals surface area (Å²) in [5, 5.41) is 2.81. The number of nitrogens with one attached hydrogen (secondary N) is 1. The molecule has 2 heterocycles. The zero-order valence-electron chi connectivity index (χ0n) is 14.7. The van der Waals surface area contributed by atoms with Crippen LogP contribution in [-0.2, 0) is 4.74 Å². The van der Waals surface area contributed by atoms with Crippen LogP contribution in [0.3, 0.4) is 0 Å². The molecule has 0 unspecified atom stereocenters. The molecule has 2 aromatic rings. The van der Waals surface area contributed by atoms with Crippen LogP contribution in [-0.4, -0.2) is 42.9 Å². The predicted octanol–water partition coefficient (Wildman–Crippen LogP) is 2.40. The lowest BCUT2D eigenvalue weighted by atomic mass is 10.0. The van der Waals surface area contributed by atoms with Gasteiger partial charge >= 0.3 is 0 Å². The highest BCUT2D eigenvalue weighted by Crippen LogP contribution is 2.24. The summed E-state index contributed by atoms with van der Waals surface area (Å²) in [6, 6.07) is 7.75. The number of amides is 3. The van der Waals surface area contributed by atoms with Crippen LogP contribution in [0, 0.1) is 0 Å². The van der Waals surface area contributed by atoms with Gasteiger partial charge in [-0.3, -0.25) is 19.3 Å². The van der Waals surface area contributed by atoms with Gasteiger partial charge in [0.2, 0.25) is 0 Å². The zero-order valence-corrected chi connectivity index (χ0v) is 14.7. The molecule has 136 valence electrons. The molecule has 0 saturated heterocycles. The second-order valence-corrected chi connectivity index (χ2v) is 6.08. The molecule has 3 rings (SSSR count). The Labute approximate surface area is 150 Å². The van der Waals surface area contributed by atoms with Crippen LogP contribution in [0.4, 0.5) is 0 Å². The highest BCUT2D eigenvalue weighted by atomic mass is 16.5. The average molecular weight is 356 g/mol. The molecule has 1 atom stereocenters. The first kappa shape index (κ1) is 17.9. The van der Waals surface area contributed by atoms with Gasteiger partial charge < -0.3 is 14.5 Å². The molecular weight excluding hydrogens is 336 g/mol. The molecule has 0 saturated carbocycles. The van der Waals surface area contributed by atoms with Gasteiger partial charge in [0.15, 0.2) is 0 Å². The van der Waals surface area contributed by atoms with Gasteiger partial charge in [0.25, 0.3) is 17.7 Å². The molecule has 1 aromatic heterocycles. The number of methoxy groups -OCH3 is 1. The summed E-state index contributed by atoms with van der Waals surface area (Å²) < 4.78 is 10.2. The Hall–Kier alpha value is -2.93. The van der Waals surface area contributed by atoms with Crippen LogP contribution in [0.25, 0.3) is 0 Å². The normalized spacial score (nSPS) is 14.5. The third kappa shape index (κ3) is 3.39. The van der Waals surface area contributed by atoms with Crippen molar-refractivity contribution < 1.29 is 23.5 Å². The number of ether oxygens (including phenoxy) is 1. The van der Waals surface area contributed by atoms with Crippen LogP contribution in [0.2, 0.25) is 0 Å². The largest absolute Gasteiger partial charge is 0.467 e. The third-order valence-corrected chi connectivity index (χ3v) is 4.28. The standard InChI is InChI=1S/C19H20N2O5/c1-12(16-5-3-10-26-16)20-17(22)13-6-7-14-15(11-13)19(24)21(18(14)23)8-4-9-25-2/h3,5-7,10-12H,4,8-9H2,1-2H3,(H,20,22)/t12-/m1/s1. The second-order valence-electron chi connectivity index (χ2n) is 6.08. The van der Waals surface area contributed by atoms with Gasteiger partial charge in [-0.05, 0) is 43.7 Å². The van der Waals surface area contributed by atoms with Gasteiger partial charge in [-0.25, -0.2) is 0 Å². The van der Waals surface area contributed by atoms with E-state index in [1.54, 1.807) is 32.2 Å². The SMILES string of the molecule is COCCCN1C(=O)c2ccc(C(=O)N[C@H](C)c3ccco3)cc2C1=O. The maximum atomic E-state index is 12.5. The molecule has 0 spiro atoms. The number of furan rings is 1. The molecule has 0 aliphatic carbocycles. The topological polar surface area (TPSA) is 88.8 Å². The molecule has 0 radical (unpaired) electrons. The number of hydrogen-bond acceptors (Lipinski definition) is 5. The summed E-state index contributed by atoms with van der Waals surface area (Å²) in [6.07, 6.45) is 2.10. The molecule has 0 bridgehead atoms. The summed E-state index contributed by atoms with van der Waals surface area (Å²) >= 11 is 0. The fourth-order valence-electron chi connectivity index (χ4n) is 2.89. The van der Waals surface area contributed by atoms with Crippen molar-refractivity contribution in [3.63, 3.8) is 0 Å². The van der Waals surface area contributed by atoms with E-state index in [1.165, 1.54) is 23.3 Å². The molecular formula is C19H20N2O5. The fraction of sp³-hybridized carbons (Fsp3) is 0.316. The first-order valence-corrected chi connectivity index (χ1v) is 8.36. The minimum absolute atomic E-state index is 0.255. The minimum Gasteiger partial charge on any atom is -0.467 e. The van der Waals surface area contributed by atoms with Crippen molar-refractivity contribution in [1.82, 2.24) is 10.2 Å². The van der Waals surface area contributed by atoms with E-state index in [-0.39, 0.29) is 35.9 Å². The molecule has 7 heteroatoms. The number of imide groups is 1. The number of carbonyl (C=O) groups excluding carboxylic acids is 3. The third-order valence-electron chi connectivity index (χ3n) is 4.28. The van der Waals surface area contributed by atoms with Crippen LogP contribution >= 0.6 is 0 Å². The summed E-state index contributed by atoms with van der Waals surface area (Å²) in [6.45, 7) is 2.55. The number of benzene rings is 1. The van der Waals surface area contributed by atoms with Gasteiger partial charge in [-0.15, -0.1) is 0 Å². The van der Waals surface area contributed by atoms with Crippen LogP contribution < -0.4 is 5.32 Å². The molecule has 26 heavy (non-hydrogen) atoms. The van der Waals surface area contributed by atoms with Gasteiger partial charge in [0.05, 0.1) is 23.4 Å². The number of rotatable bonds is 7. The predicted molar refractivity (Wildman–Crippen MR) is 92.9 cm³/mol. The van der Waals surface area contributed by atoms with Crippen LogP contribution in [0.1, 0.15) is 56.2 Å². The maximum absolute atomic E-state index is 12.5. The average Bonchev–Trinajstić information content (AvgIpc) is 3.25. The van der Waals surface area contributed by atoms with Crippen molar-refractivity contribution in [3.05, 3.63) is 59.0 Å². The second kappa shape index (κ2) is 7.53. The summed E-state index contributed by atoms with van der Waals surface area (Å²) in [5.41, 5.74) is 0.899. The Morgan fingerprint density at radius 2 is 2.00 bits per heavy atom. The smallest absolute Gasteiger partial charge is 0.261 e. The van der Waals surface area contributed by atoms with E-state index in [0.29, 0.717) is 29.9 Å². The molecule has 1 aromatic carbocycles. The van der Waals surface area contributed by atoms with Crippen molar-refractivity contribution in [2.75, 3.05) is 20.3 Å². The Kier molecular flexibility index (Phi) is 5.18. The van der Waals surface area contributed by atoms with Crippen molar-refractivity contribution >= 4 is 17.7 Å². The Morgan fingerprint density at radius 3 is 2.69 bits per heavy atom. The van der Waals surface area contributed by atoms with E-state index >= 15 is 0 Å². The van der Waals surface area contributed by atoms with Crippen LogP contribution in [0.5, 0.6) is 0 Å². The van der Waals surface area contributed by atoms with Gasteiger partial charge in [0, 0.05) is 25.8 Å². The molecule has 3 amide bonds. The lowest BCUT2D eigenvalue weighted by molar-refractivity contribution is 0.0638. The summed E-state index contributed by atoms with van der Waals surface area (Å²) in [5.74, 6) is -0.420. The maximum Gasteiger partial charge on any atom is 0.261 e. The number of nitrogens with zero attached hydrogens (tertiary/aromatic N) is 1. The highest BCUT2D eigenvalue weighted by molar-refractivity contribution is 6.22. The van der Waals surface area contributed by atoms with Gasteiger partial charge in [-0.2, -0.15) is 0 Å². The zero-order chi connectivity index (χ0) is 18.7. The molecule has 7 nitrogen and oxygen atoms in total. The monoisotopic (exact) mass is 356 g/mol. The lowest BCUT2D eigenvalue weighted by Gasteiger charge is -2.12. The minimum atomic E-state index is -0.380. The molecule has 1 N–H and O–H groups in total. The van der Waals surface area contributed by atoms with E-state index in [1.807, 2.05) is 0 Å². The molecule has 1 aliphatic rings. The van der Waals surface area contributed by atoms with E-state index < -0.39 is 0 Å². The van der Waals surface area contributed by atoms with Crippen molar-refractivity contribution in [2.45, 2.75) is 19.4 Å². The Morgan fingerprint density at radius 1 is 1.23 bits per heavy atom. The fourth-order valence-corrected chi connectivity index (χ4v) is 2.89.